The molecule has 0 N–H and O–H groups in total. The van der Waals surface area contributed by atoms with Crippen LogP contribution in [0.2, 0.25) is 0 Å². The molecule has 1 aromatic rings. The summed E-state index contributed by atoms with van der Waals surface area (Å²) in [6.07, 6.45) is 0. The van der Waals surface area contributed by atoms with Crippen molar-refractivity contribution in [1.29, 1.82) is 0 Å². The van der Waals surface area contributed by atoms with E-state index < -0.39 is 17.2 Å². The summed E-state index contributed by atoms with van der Waals surface area (Å²) in [5, 5.41) is 0. The molecule has 4 nitrogen and oxygen atoms in total. The number of ether oxygens (including phenoxy) is 2. The highest BCUT2D eigenvalue weighted by Gasteiger charge is 2.34. The van der Waals surface area contributed by atoms with Crippen LogP contribution in [-0.4, -0.2) is 42.7 Å². The van der Waals surface area contributed by atoms with Crippen molar-refractivity contribution in [3.63, 3.8) is 0 Å². The van der Waals surface area contributed by atoms with Gasteiger partial charge in [-0.05, 0) is 26.0 Å². The average Bonchev–Trinajstić information content (AvgIpc) is 2.37. The van der Waals surface area contributed by atoms with Gasteiger partial charge in [0.05, 0.1) is 18.8 Å². The number of rotatable bonds is 3. The number of benzene rings is 1. The zero-order valence-corrected chi connectivity index (χ0v) is 11.5. The van der Waals surface area contributed by atoms with E-state index in [0.29, 0.717) is 19.8 Å². The fourth-order valence-electron chi connectivity index (χ4n) is 2.13. The molecule has 20 heavy (non-hydrogen) atoms. The highest BCUT2D eigenvalue weighted by atomic mass is 19.1. The topological polar surface area (TPSA) is 38.8 Å². The number of carbonyl (C=O) groups excluding carboxylic acids is 1. The van der Waals surface area contributed by atoms with Crippen LogP contribution in [0.15, 0.2) is 18.2 Å². The Morgan fingerprint density at radius 3 is 2.85 bits per heavy atom. The van der Waals surface area contributed by atoms with Crippen molar-refractivity contribution in [2.75, 3.05) is 26.4 Å². The zero-order chi connectivity index (χ0) is 14.8. The molecule has 1 heterocycles. The number of nitrogens with zero attached hydrogens (tertiary/aromatic N) is 1. The molecule has 0 unspecified atom stereocenters. The van der Waals surface area contributed by atoms with Gasteiger partial charge >= 0.3 is 0 Å². The van der Waals surface area contributed by atoms with Crippen LogP contribution in [0.5, 0.6) is 5.75 Å². The van der Waals surface area contributed by atoms with E-state index in [4.69, 9.17) is 9.47 Å². The third kappa shape index (κ3) is 3.25. The van der Waals surface area contributed by atoms with Gasteiger partial charge in [-0.2, -0.15) is 0 Å². The predicted molar refractivity (Wildman–Crippen MR) is 68.5 cm³/mol. The largest absolute Gasteiger partial charge is 0.481 e. The monoisotopic (exact) mass is 285 g/mol. The molecule has 0 aliphatic carbocycles. The normalized spacial score (nSPS) is 17.9. The summed E-state index contributed by atoms with van der Waals surface area (Å²) >= 11 is 0. The van der Waals surface area contributed by atoms with Crippen molar-refractivity contribution < 1.29 is 23.0 Å². The quantitative estimate of drug-likeness (QED) is 0.852. The van der Waals surface area contributed by atoms with E-state index in [2.05, 4.69) is 0 Å². The van der Waals surface area contributed by atoms with Crippen LogP contribution < -0.4 is 4.74 Å². The van der Waals surface area contributed by atoms with Crippen LogP contribution in [0.25, 0.3) is 0 Å². The highest BCUT2D eigenvalue weighted by molar-refractivity contribution is 5.78. The summed E-state index contributed by atoms with van der Waals surface area (Å²) in [7, 11) is 0. The smallest absolute Gasteiger partial charge is 0.261 e. The summed E-state index contributed by atoms with van der Waals surface area (Å²) in [6, 6.07) is 2.97. The Bertz CT molecular complexity index is 505. The molecular weight excluding hydrogens is 268 g/mol. The molecule has 1 fully saturated rings. The number of halogens is 2. The molecule has 1 aliphatic heterocycles. The first-order valence-electron chi connectivity index (χ1n) is 6.36. The molecule has 0 saturated carbocycles. The maximum atomic E-state index is 13.4. The van der Waals surface area contributed by atoms with E-state index in [9.17, 15) is 13.6 Å². The summed E-state index contributed by atoms with van der Waals surface area (Å²) in [4.78, 5) is 13.8. The van der Waals surface area contributed by atoms with Crippen molar-refractivity contribution in [3.8, 4) is 5.75 Å². The Morgan fingerprint density at radius 2 is 2.20 bits per heavy atom. The van der Waals surface area contributed by atoms with Crippen molar-refractivity contribution >= 4 is 5.91 Å². The molecule has 1 amide bonds. The van der Waals surface area contributed by atoms with Gasteiger partial charge < -0.3 is 14.4 Å². The molecule has 0 spiro atoms. The third-order valence-corrected chi connectivity index (χ3v) is 3.19. The van der Waals surface area contributed by atoms with E-state index in [1.54, 1.807) is 4.90 Å². The minimum absolute atomic E-state index is 0.134. The van der Waals surface area contributed by atoms with E-state index in [1.165, 1.54) is 6.07 Å². The average molecular weight is 285 g/mol. The fourth-order valence-corrected chi connectivity index (χ4v) is 2.13. The lowest BCUT2D eigenvalue weighted by atomic mass is 10.0. The fraction of sp³-hybridized carbons (Fsp3) is 0.500. The minimum atomic E-state index is -0.820. The molecule has 2 rings (SSSR count). The molecule has 1 saturated heterocycles. The number of morpholine rings is 1. The Kier molecular flexibility index (Phi) is 4.23. The van der Waals surface area contributed by atoms with Gasteiger partial charge in [0.1, 0.15) is 5.82 Å². The maximum absolute atomic E-state index is 13.4. The molecule has 6 heteroatoms. The van der Waals surface area contributed by atoms with Crippen molar-refractivity contribution in [1.82, 2.24) is 4.90 Å². The van der Waals surface area contributed by atoms with E-state index >= 15 is 0 Å². The SMILES string of the molecule is CC1(C)COCCN1C(=O)COc1ccc(F)cc1F. The van der Waals surface area contributed by atoms with Crippen molar-refractivity contribution in [2.24, 2.45) is 0 Å². The van der Waals surface area contributed by atoms with Gasteiger partial charge in [0.25, 0.3) is 5.91 Å². The Labute approximate surface area is 116 Å². The van der Waals surface area contributed by atoms with Crippen molar-refractivity contribution in [3.05, 3.63) is 29.8 Å². The summed E-state index contributed by atoms with van der Waals surface area (Å²) in [6.45, 7) is 4.89. The van der Waals surface area contributed by atoms with Crippen LogP contribution in [-0.2, 0) is 9.53 Å². The van der Waals surface area contributed by atoms with E-state index in [-0.39, 0.29) is 18.3 Å². The zero-order valence-electron chi connectivity index (χ0n) is 11.5. The van der Waals surface area contributed by atoms with Gasteiger partial charge in [0, 0.05) is 12.6 Å². The number of carbonyl (C=O) groups is 1. The molecule has 110 valence electrons. The van der Waals surface area contributed by atoms with Crippen molar-refractivity contribution in [2.45, 2.75) is 19.4 Å². The minimum Gasteiger partial charge on any atom is -0.481 e. The molecular formula is C14H17F2NO3. The van der Waals surface area contributed by atoms with E-state index in [0.717, 1.165) is 12.1 Å². The molecule has 1 aromatic carbocycles. The summed E-state index contributed by atoms with van der Waals surface area (Å²) in [5.74, 6) is -1.89. The lowest BCUT2D eigenvalue weighted by Crippen LogP contribution is -2.56. The van der Waals surface area contributed by atoms with E-state index in [1.807, 2.05) is 13.8 Å². The van der Waals surface area contributed by atoms with Crippen LogP contribution in [0.4, 0.5) is 8.78 Å². The lowest BCUT2D eigenvalue weighted by Gasteiger charge is -2.42. The molecule has 0 radical (unpaired) electrons. The van der Waals surface area contributed by atoms with Crippen LogP contribution >= 0.6 is 0 Å². The first-order valence-corrected chi connectivity index (χ1v) is 6.36. The lowest BCUT2D eigenvalue weighted by molar-refractivity contribution is -0.148. The molecule has 1 aliphatic rings. The first kappa shape index (κ1) is 14.7. The number of hydrogen-bond donors (Lipinski definition) is 0. The Balaban J connectivity index is 1.98. The predicted octanol–water partition coefficient (Wildman–Crippen LogP) is 1.98. The molecule has 0 atom stereocenters. The van der Waals surface area contributed by atoms with Gasteiger partial charge in [-0.3, -0.25) is 4.79 Å². The van der Waals surface area contributed by atoms with Crippen LogP contribution in [0.1, 0.15) is 13.8 Å². The second-order valence-corrected chi connectivity index (χ2v) is 5.27. The highest BCUT2D eigenvalue weighted by Crippen LogP contribution is 2.21. The second kappa shape index (κ2) is 5.75. The van der Waals surface area contributed by atoms with Gasteiger partial charge in [-0.1, -0.05) is 0 Å². The Hall–Kier alpha value is -1.69. The van der Waals surface area contributed by atoms with Gasteiger partial charge in [-0.15, -0.1) is 0 Å². The Morgan fingerprint density at radius 1 is 1.45 bits per heavy atom. The van der Waals surface area contributed by atoms with Gasteiger partial charge in [-0.25, -0.2) is 8.78 Å². The van der Waals surface area contributed by atoms with Gasteiger partial charge in [0.15, 0.2) is 18.2 Å². The van der Waals surface area contributed by atoms with Gasteiger partial charge in [0.2, 0.25) is 0 Å². The summed E-state index contributed by atoms with van der Waals surface area (Å²) < 4.78 is 36.6. The number of amides is 1. The first-order chi connectivity index (χ1) is 9.40. The second-order valence-electron chi connectivity index (χ2n) is 5.27. The maximum Gasteiger partial charge on any atom is 0.261 e. The third-order valence-electron chi connectivity index (χ3n) is 3.19. The standard InChI is InChI=1S/C14H17F2NO3/c1-14(2)9-19-6-5-17(14)13(18)8-20-12-4-3-10(15)7-11(12)16/h3-4,7H,5-6,8-9H2,1-2H3. The molecule has 0 bridgehead atoms. The number of hydrogen-bond acceptors (Lipinski definition) is 3. The van der Waals surface area contributed by atoms with Crippen LogP contribution in [0, 0.1) is 11.6 Å². The molecule has 0 aromatic heterocycles. The summed E-state index contributed by atoms with van der Waals surface area (Å²) in [5.41, 5.74) is -0.417. The van der Waals surface area contributed by atoms with Crippen LogP contribution in [0.3, 0.4) is 0 Å².